The zero-order chi connectivity index (χ0) is 18.1. The van der Waals surface area contributed by atoms with Crippen LogP contribution in [0.25, 0.3) is 0 Å². The average Bonchev–Trinajstić information content (AvgIpc) is 2.63. The largest absolute Gasteiger partial charge is 0.379 e. The molecule has 2 N–H and O–H groups in total. The number of hydrogen-bond donors (Lipinski definition) is 2. The number of ether oxygens (including phenoxy) is 1. The molecule has 0 amide bonds. The highest BCUT2D eigenvalue weighted by Gasteiger charge is 2.28. The maximum absolute atomic E-state index is 5.46. The predicted molar refractivity (Wildman–Crippen MR) is 105 cm³/mol. The maximum Gasteiger partial charge on any atom is 0.191 e. The summed E-state index contributed by atoms with van der Waals surface area (Å²) < 4.78 is 5.46. The van der Waals surface area contributed by atoms with Gasteiger partial charge < -0.3 is 20.3 Å². The van der Waals surface area contributed by atoms with E-state index < -0.39 is 0 Å². The highest BCUT2D eigenvalue weighted by Crippen LogP contribution is 2.16. The van der Waals surface area contributed by atoms with Gasteiger partial charge in [0.15, 0.2) is 5.96 Å². The van der Waals surface area contributed by atoms with Crippen LogP contribution in [0.3, 0.4) is 0 Å². The van der Waals surface area contributed by atoms with E-state index in [2.05, 4.69) is 46.2 Å². The molecular formula is C19H39N5O. The predicted octanol–water partition coefficient (Wildman–Crippen LogP) is 1.38. The number of nitrogens with zero attached hydrogens (tertiary/aromatic N) is 3. The summed E-state index contributed by atoms with van der Waals surface area (Å²) in [5.74, 6) is 1.82. The molecule has 0 aromatic heterocycles. The molecule has 2 rings (SSSR count). The molecular weight excluding hydrogens is 314 g/mol. The zero-order valence-corrected chi connectivity index (χ0v) is 16.8. The molecule has 0 aromatic rings. The Balaban J connectivity index is 1.61. The summed E-state index contributed by atoms with van der Waals surface area (Å²) in [6.45, 7) is 16.2. The summed E-state index contributed by atoms with van der Waals surface area (Å²) in [4.78, 5) is 9.46. The number of morpholine rings is 1. The van der Waals surface area contributed by atoms with E-state index in [4.69, 9.17) is 4.74 Å². The molecule has 0 aliphatic carbocycles. The Bertz CT molecular complexity index is 399. The Kier molecular flexibility index (Phi) is 8.46. The molecule has 0 unspecified atom stereocenters. The molecule has 0 bridgehead atoms. The highest BCUT2D eigenvalue weighted by molar-refractivity contribution is 5.79. The van der Waals surface area contributed by atoms with Crippen molar-refractivity contribution in [1.29, 1.82) is 0 Å². The number of aliphatic imine (C=N–C) groups is 1. The minimum Gasteiger partial charge on any atom is -0.379 e. The van der Waals surface area contributed by atoms with Crippen molar-refractivity contribution in [2.75, 3.05) is 66.1 Å². The molecule has 0 atom stereocenters. The topological polar surface area (TPSA) is 52.1 Å². The SMILES string of the molecule is CN=C(NCCCN1CCC(C)CC1)NCC(C)(C)N1CCOCC1. The zero-order valence-electron chi connectivity index (χ0n) is 16.8. The van der Waals surface area contributed by atoms with Gasteiger partial charge >= 0.3 is 0 Å². The summed E-state index contributed by atoms with van der Waals surface area (Å²) in [6.07, 6.45) is 3.88. The van der Waals surface area contributed by atoms with Crippen molar-refractivity contribution < 1.29 is 4.74 Å². The van der Waals surface area contributed by atoms with Gasteiger partial charge in [0.05, 0.1) is 13.2 Å². The van der Waals surface area contributed by atoms with Crippen LogP contribution in [-0.2, 0) is 4.74 Å². The van der Waals surface area contributed by atoms with Crippen LogP contribution in [0.2, 0.25) is 0 Å². The first kappa shape index (κ1) is 20.5. The minimum absolute atomic E-state index is 0.103. The van der Waals surface area contributed by atoms with Crippen molar-refractivity contribution in [2.24, 2.45) is 10.9 Å². The van der Waals surface area contributed by atoms with Crippen LogP contribution in [0.4, 0.5) is 0 Å². The van der Waals surface area contributed by atoms with Crippen molar-refractivity contribution in [2.45, 2.75) is 45.6 Å². The van der Waals surface area contributed by atoms with Gasteiger partial charge in [-0.1, -0.05) is 6.92 Å². The third-order valence-corrected chi connectivity index (χ3v) is 5.60. The van der Waals surface area contributed by atoms with Gasteiger partial charge in [0.2, 0.25) is 0 Å². The Hall–Kier alpha value is -0.850. The lowest BCUT2D eigenvalue weighted by atomic mass is 9.99. The smallest absolute Gasteiger partial charge is 0.191 e. The van der Waals surface area contributed by atoms with Crippen LogP contribution >= 0.6 is 0 Å². The molecule has 0 aromatic carbocycles. The van der Waals surface area contributed by atoms with Gasteiger partial charge in [-0.3, -0.25) is 9.89 Å². The van der Waals surface area contributed by atoms with Crippen LogP contribution < -0.4 is 10.6 Å². The molecule has 146 valence electrons. The van der Waals surface area contributed by atoms with Gasteiger partial charge in [0.1, 0.15) is 0 Å². The van der Waals surface area contributed by atoms with E-state index >= 15 is 0 Å². The molecule has 0 spiro atoms. The highest BCUT2D eigenvalue weighted by atomic mass is 16.5. The first-order valence-corrected chi connectivity index (χ1v) is 10.0. The number of likely N-dealkylation sites (tertiary alicyclic amines) is 1. The fourth-order valence-corrected chi connectivity index (χ4v) is 3.60. The molecule has 6 heteroatoms. The second kappa shape index (κ2) is 10.3. The molecule has 6 nitrogen and oxygen atoms in total. The average molecular weight is 354 g/mol. The Morgan fingerprint density at radius 1 is 1.12 bits per heavy atom. The Morgan fingerprint density at radius 3 is 2.44 bits per heavy atom. The first-order valence-electron chi connectivity index (χ1n) is 10.0. The molecule has 25 heavy (non-hydrogen) atoms. The Labute approximate surface area is 154 Å². The van der Waals surface area contributed by atoms with Gasteiger partial charge in [0.25, 0.3) is 0 Å². The van der Waals surface area contributed by atoms with Crippen LogP contribution in [0.1, 0.15) is 40.0 Å². The maximum atomic E-state index is 5.46. The van der Waals surface area contributed by atoms with E-state index in [1.165, 1.54) is 38.9 Å². The summed E-state index contributed by atoms with van der Waals surface area (Å²) in [6, 6.07) is 0. The van der Waals surface area contributed by atoms with Crippen molar-refractivity contribution >= 4 is 5.96 Å². The van der Waals surface area contributed by atoms with Crippen LogP contribution in [0.15, 0.2) is 4.99 Å². The van der Waals surface area contributed by atoms with E-state index in [1.54, 1.807) is 0 Å². The van der Waals surface area contributed by atoms with E-state index in [1.807, 2.05) is 7.05 Å². The van der Waals surface area contributed by atoms with Crippen molar-refractivity contribution in [3.8, 4) is 0 Å². The quantitative estimate of drug-likeness (QED) is 0.411. The number of rotatable bonds is 7. The number of piperidine rings is 1. The van der Waals surface area contributed by atoms with Gasteiger partial charge in [-0.15, -0.1) is 0 Å². The summed E-state index contributed by atoms with van der Waals surface area (Å²) in [7, 11) is 1.85. The van der Waals surface area contributed by atoms with E-state index in [0.29, 0.717) is 0 Å². The van der Waals surface area contributed by atoms with Crippen LogP contribution in [-0.4, -0.2) is 87.4 Å². The normalized spacial score (nSPS) is 22.2. The number of nitrogens with one attached hydrogen (secondary N) is 2. The van der Waals surface area contributed by atoms with E-state index in [9.17, 15) is 0 Å². The minimum atomic E-state index is 0.103. The third-order valence-electron chi connectivity index (χ3n) is 5.60. The lowest BCUT2D eigenvalue weighted by molar-refractivity contribution is -0.00834. The van der Waals surface area contributed by atoms with Gasteiger partial charge in [0, 0.05) is 38.8 Å². The lowest BCUT2D eigenvalue weighted by Crippen LogP contribution is -2.56. The van der Waals surface area contributed by atoms with Crippen molar-refractivity contribution in [3.63, 3.8) is 0 Å². The molecule has 2 fully saturated rings. The lowest BCUT2D eigenvalue weighted by Gasteiger charge is -2.41. The number of hydrogen-bond acceptors (Lipinski definition) is 4. The molecule has 2 aliphatic rings. The third kappa shape index (κ3) is 7.12. The summed E-state index contributed by atoms with van der Waals surface area (Å²) in [5, 5.41) is 6.96. The van der Waals surface area contributed by atoms with Crippen molar-refractivity contribution in [3.05, 3.63) is 0 Å². The van der Waals surface area contributed by atoms with Crippen LogP contribution in [0, 0.1) is 5.92 Å². The fourth-order valence-electron chi connectivity index (χ4n) is 3.60. The molecule has 0 saturated carbocycles. The van der Waals surface area contributed by atoms with Crippen molar-refractivity contribution in [1.82, 2.24) is 20.4 Å². The number of guanidine groups is 1. The second-order valence-electron chi connectivity index (χ2n) is 8.14. The molecule has 2 heterocycles. The monoisotopic (exact) mass is 353 g/mol. The first-order chi connectivity index (χ1) is 12.0. The van der Waals surface area contributed by atoms with Gasteiger partial charge in [-0.05, 0) is 58.7 Å². The fraction of sp³-hybridized carbons (Fsp3) is 0.947. The van der Waals surface area contributed by atoms with Gasteiger partial charge in [-0.2, -0.15) is 0 Å². The van der Waals surface area contributed by atoms with Crippen LogP contribution in [0.5, 0.6) is 0 Å². The molecule has 2 saturated heterocycles. The molecule has 2 aliphatic heterocycles. The second-order valence-corrected chi connectivity index (χ2v) is 8.14. The standard InChI is InChI=1S/C19H39N5O/c1-17-6-10-23(11-7-17)9-5-8-21-18(20-4)22-16-19(2,3)24-12-14-25-15-13-24/h17H,5-16H2,1-4H3,(H2,20,21,22). The Morgan fingerprint density at radius 2 is 1.80 bits per heavy atom. The molecule has 0 radical (unpaired) electrons. The summed E-state index contributed by atoms with van der Waals surface area (Å²) >= 11 is 0. The van der Waals surface area contributed by atoms with E-state index in [-0.39, 0.29) is 5.54 Å². The summed E-state index contributed by atoms with van der Waals surface area (Å²) in [5.41, 5.74) is 0.103. The van der Waals surface area contributed by atoms with Gasteiger partial charge in [-0.25, -0.2) is 0 Å². The van der Waals surface area contributed by atoms with E-state index in [0.717, 1.165) is 51.3 Å².